The van der Waals surface area contributed by atoms with Crippen molar-refractivity contribution in [3.63, 3.8) is 0 Å². The number of hydrogen-bond acceptors (Lipinski definition) is 6. The van der Waals surface area contributed by atoms with Crippen LogP contribution < -0.4 is 0 Å². The van der Waals surface area contributed by atoms with Gasteiger partial charge in [-0.25, -0.2) is 8.42 Å². The molecular formula is C22H30N2O5S2. The minimum Gasteiger partial charge on any atom is -0.379 e. The van der Waals surface area contributed by atoms with Crippen LogP contribution in [0.5, 0.6) is 0 Å². The van der Waals surface area contributed by atoms with E-state index in [1.165, 1.54) is 66.7 Å². The van der Waals surface area contributed by atoms with E-state index in [0.29, 0.717) is 23.5 Å². The molecule has 5 aliphatic rings. The lowest BCUT2D eigenvalue weighted by Gasteiger charge is -2.57. The van der Waals surface area contributed by atoms with Gasteiger partial charge >= 0.3 is 0 Å². The molecule has 0 amide bonds. The van der Waals surface area contributed by atoms with Gasteiger partial charge in [0.05, 0.1) is 27.9 Å². The summed E-state index contributed by atoms with van der Waals surface area (Å²) in [5, 5.41) is 11.7. The van der Waals surface area contributed by atoms with Gasteiger partial charge in [0.25, 0.3) is 5.69 Å². The average molecular weight is 467 g/mol. The molecule has 4 saturated carbocycles. The van der Waals surface area contributed by atoms with E-state index >= 15 is 0 Å². The summed E-state index contributed by atoms with van der Waals surface area (Å²) >= 11 is 1.51. The van der Waals surface area contributed by atoms with Gasteiger partial charge in [-0.2, -0.15) is 4.31 Å². The lowest BCUT2D eigenvalue weighted by molar-refractivity contribution is -0.388. The van der Waals surface area contributed by atoms with Crippen molar-refractivity contribution in [3.8, 4) is 0 Å². The number of nitro benzene ring substituents is 1. The van der Waals surface area contributed by atoms with Crippen LogP contribution in [0.1, 0.15) is 44.9 Å². The molecule has 0 spiro atoms. The van der Waals surface area contributed by atoms with E-state index in [2.05, 4.69) is 0 Å². The lowest BCUT2D eigenvalue weighted by atomic mass is 9.49. The van der Waals surface area contributed by atoms with E-state index in [1.54, 1.807) is 6.07 Å². The standard InChI is InChI=1S/C22H30N2O5S2/c25-24(26)20-12-19(31(27,28)23-4-6-29-7-5-23)1-2-21(20)30-8-3-22-13-16-9-17(14-22)11-18(10-16)15-22/h1-2,12,16-18H,3-11,13-15H2. The van der Waals surface area contributed by atoms with Crippen LogP contribution in [-0.4, -0.2) is 49.7 Å². The van der Waals surface area contributed by atoms with Gasteiger partial charge in [-0.1, -0.05) is 0 Å². The van der Waals surface area contributed by atoms with Crippen molar-refractivity contribution in [3.05, 3.63) is 28.3 Å². The zero-order valence-electron chi connectivity index (χ0n) is 17.7. The Morgan fingerprint density at radius 2 is 1.71 bits per heavy atom. The zero-order chi connectivity index (χ0) is 21.6. The summed E-state index contributed by atoms with van der Waals surface area (Å²) in [6.07, 6.45) is 9.34. The highest BCUT2D eigenvalue weighted by Crippen LogP contribution is 2.61. The van der Waals surface area contributed by atoms with Crippen molar-refractivity contribution in [1.82, 2.24) is 4.31 Å². The first-order valence-electron chi connectivity index (χ1n) is 11.3. The maximum Gasteiger partial charge on any atom is 0.284 e. The van der Waals surface area contributed by atoms with Crippen molar-refractivity contribution in [2.24, 2.45) is 23.2 Å². The molecule has 1 aromatic rings. The van der Waals surface area contributed by atoms with Crippen LogP contribution in [-0.2, 0) is 14.8 Å². The second kappa shape index (κ2) is 8.32. The Morgan fingerprint density at radius 3 is 2.29 bits per heavy atom. The average Bonchev–Trinajstić information content (AvgIpc) is 2.73. The van der Waals surface area contributed by atoms with Crippen LogP contribution in [0.4, 0.5) is 5.69 Å². The van der Waals surface area contributed by atoms with Crippen molar-refractivity contribution >= 4 is 27.5 Å². The Balaban J connectivity index is 1.29. The highest BCUT2D eigenvalue weighted by Gasteiger charge is 2.50. The Labute approximate surface area is 188 Å². The van der Waals surface area contributed by atoms with Gasteiger partial charge in [-0.3, -0.25) is 10.1 Å². The molecule has 1 saturated heterocycles. The third-order valence-corrected chi connectivity index (χ3v) is 10.7. The minimum absolute atomic E-state index is 0.00784. The van der Waals surface area contributed by atoms with E-state index in [0.717, 1.165) is 29.9 Å². The van der Waals surface area contributed by atoms with Crippen molar-refractivity contribution in [2.45, 2.75) is 54.7 Å². The van der Waals surface area contributed by atoms with Gasteiger partial charge in [-0.15, -0.1) is 11.8 Å². The van der Waals surface area contributed by atoms with Crippen LogP contribution in [0, 0.1) is 33.3 Å². The van der Waals surface area contributed by atoms with Crippen LogP contribution in [0.25, 0.3) is 0 Å². The molecule has 31 heavy (non-hydrogen) atoms. The van der Waals surface area contributed by atoms with Crippen LogP contribution in [0.3, 0.4) is 0 Å². The Bertz CT molecular complexity index is 923. The Hall–Kier alpha value is -1.16. The number of nitro groups is 1. The summed E-state index contributed by atoms with van der Waals surface area (Å²) in [4.78, 5) is 11.8. The molecule has 0 aromatic heterocycles. The second-order valence-electron chi connectivity index (χ2n) is 9.92. The SMILES string of the molecule is O=[N+]([O-])c1cc(S(=O)(=O)N2CCOCC2)ccc1SCCC12CC3CC(CC(C3)C1)C2. The normalized spacial score (nSPS) is 33.0. The molecule has 170 valence electrons. The molecule has 5 fully saturated rings. The van der Waals surface area contributed by atoms with Gasteiger partial charge in [0, 0.05) is 19.2 Å². The summed E-state index contributed by atoms with van der Waals surface area (Å²) in [5.74, 6) is 3.54. The number of rotatable bonds is 7. The molecule has 0 atom stereocenters. The molecule has 9 heteroatoms. The van der Waals surface area contributed by atoms with Crippen molar-refractivity contribution in [1.29, 1.82) is 0 Å². The highest BCUT2D eigenvalue weighted by atomic mass is 32.2. The summed E-state index contributed by atoms with van der Waals surface area (Å²) in [6.45, 7) is 1.24. The molecular weight excluding hydrogens is 436 g/mol. The maximum absolute atomic E-state index is 12.9. The Kier molecular flexibility index (Phi) is 5.82. The number of hydrogen-bond donors (Lipinski definition) is 0. The number of ether oxygens (including phenoxy) is 1. The van der Waals surface area contributed by atoms with Gasteiger partial charge in [-0.05, 0) is 86.0 Å². The topological polar surface area (TPSA) is 89.8 Å². The summed E-state index contributed by atoms with van der Waals surface area (Å²) < 4.78 is 32.3. The monoisotopic (exact) mass is 466 g/mol. The largest absolute Gasteiger partial charge is 0.379 e. The molecule has 7 nitrogen and oxygen atoms in total. The van der Waals surface area contributed by atoms with Crippen molar-refractivity contribution < 1.29 is 18.1 Å². The van der Waals surface area contributed by atoms with Crippen LogP contribution >= 0.6 is 11.8 Å². The van der Waals surface area contributed by atoms with Gasteiger partial charge in [0.2, 0.25) is 10.0 Å². The van der Waals surface area contributed by atoms with E-state index in [9.17, 15) is 18.5 Å². The quantitative estimate of drug-likeness (QED) is 0.338. The zero-order valence-corrected chi connectivity index (χ0v) is 19.3. The number of morpholine rings is 1. The van der Waals surface area contributed by atoms with E-state index in [-0.39, 0.29) is 23.7 Å². The fourth-order valence-corrected chi connectivity index (χ4v) is 9.46. The second-order valence-corrected chi connectivity index (χ2v) is 13.0. The first-order chi connectivity index (χ1) is 14.8. The molecule has 1 aliphatic heterocycles. The van der Waals surface area contributed by atoms with E-state index in [4.69, 9.17) is 4.74 Å². The number of benzene rings is 1. The summed E-state index contributed by atoms with van der Waals surface area (Å²) in [5.41, 5.74) is 0.334. The van der Waals surface area contributed by atoms with E-state index < -0.39 is 14.9 Å². The van der Waals surface area contributed by atoms with Crippen molar-refractivity contribution in [2.75, 3.05) is 32.1 Å². The van der Waals surface area contributed by atoms with Gasteiger partial charge < -0.3 is 4.74 Å². The fraction of sp³-hybridized carbons (Fsp3) is 0.727. The first-order valence-corrected chi connectivity index (χ1v) is 13.8. The van der Waals surface area contributed by atoms with Gasteiger partial charge in [0.1, 0.15) is 0 Å². The predicted molar refractivity (Wildman–Crippen MR) is 119 cm³/mol. The number of nitrogens with zero attached hydrogens (tertiary/aromatic N) is 2. The third-order valence-electron chi connectivity index (χ3n) is 7.79. The highest BCUT2D eigenvalue weighted by molar-refractivity contribution is 7.99. The minimum atomic E-state index is -3.75. The number of sulfonamides is 1. The first kappa shape index (κ1) is 21.7. The Morgan fingerprint density at radius 1 is 1.10 bits per heavy atom. The molecule has 6 rings (SSSR count). The molecule has 1 heterocycles. The number of thioether (sulfide) groups is 1. The fourth-order valence-electron chi connectivity index (χ4n) is 6.83. The maximum atomic E-state index is 12.9. The molecule has 0 unspecified atom stereocenters. The summed E-state index contributed by atoms with van der Waals surface area (Å²) in [6, 6.07) is 4.37. The van der Waals surface area contributed by atoms with E-state index in [1.807, 2.05) is 0 Å². The smallest absolute Gasteiger partial charge is 0.284 e. The molecule has 0 radical (unpaired) electrons. The molecule has 4 aliphatic carbocycles. The van der Waals surface area contributed by atoms with Crippen LogP contribution in [0.2, 0.25) is 0 Å². The summed E-state index contributed by atoms with van der Waals surface area (Å²) in [7, 11) is -3.75. The molecule has 1 aromatic carbocycles. The van der Waals surface area contributed by atoms with Gasteiger partial charge in [0.15, 0.2) is 0 Å². The molecule has 0 N–H and O–H groups in total. The molecule has 4 bridgehead atoms. The lowest BCUT2D eigenvalue weighted by Crippen LogP contribution is -2.46. The third kappa shape index (κ3) is 4.26. The predicted octanol–water partition coefficient (Wildman–Crippen LogP) is 4.31. The van der Waals surface area contributed by atoms with Crippen LogP contribution in [0.15, 0.2) is 28.0 Å².